The lowest BCUT2D eigenvalue weighted by Gasteiger charge is -2.33. The second kappa shape index (κ2) is 6.48. The van der Waals surface area contributed by atoms with E-state index in [0.29, 0.717) is 17.1 Å². The minimum atomic E-state index is 0.0347. The number of thiazole rings is 1. The Bertz CT molecular complexity index is 816. The molecule has 0 unspecified atom stereocenters. The second-order valence-corrected chi connectivity index (χ2v) is 6.71. The van der Waals surface area contributed by atoms with Crippen LogP contribution in [0.1, 0.15) is 28.6 Å². The predicted octanol–water partition coefficient (Wildman–Crippen LogP) is 2.27. The van der Waals surface area contributed by atoms with Crippen LogP contribution < -0.4 is 0 Å². The van der Waals surface area contributed by atoms with Crippen molar-refractivity contribution < 1.29 is 4.79 Å². The van der Waals surface area contributed by atoms with Gasteiger partial charge in [0.05, 0.1) is 24.8 Å². The fourth-order valence-corrected chi connectivity index (χ4v) is 3.77. The number of imidazole rings is 1. The molecule has 0 bridgehead atoms. The molecule has 0 radical (unpaired) electrons. The van der Waals surface area contributed by atoms with E-state index in [1.165, 1.54) is 11.3 Å². The van der Waals surface area contributed by atoms with Gasteiger partial charge in [0.15, 0.2) is 0 Å². The average Bonchev–Trinajstić information content (AvgIpc) is 3.34. The van der Waals surface area contributed by atoms with Crippen LogP contribution in [0.3, 0.4) is 0 Å². The van der Waals surface area contributed by atoms with Crippen LogP contribution in [0.4, 0.5) is 0 Å². The molecule has 1 saturated heterocycles. The summed E-state index contributed by atoms with van der Waals surface area (Å²) in [6.07, 6.45) is 14.1. The van der Waals surface area contributed by atoms with Crippen molar-refractivity contribution in [2.24, 2.45) is 0 Å². The van der Waals surface area contributed by atoms with Crippen LogP contribution in [0.2, 0.25) is 0 Å². The first kappa shape index (κ1) is 14.9. The Balaban J connectivity index is 1.50. The van der Waals surface area contributed by atoms with Gasteiger partial charge in [-0.2, -0.15) is 0 Å². The van der Waals surface area contributed by atoms with Crippen LogP contribution in [0.25, 0.3) is 10.7 Å². The number of carbonyl (C=O) groups excluding carboxylic acids is 1. The SMILES string of the molecule is O=C(c1cnc(-c2cnccn2)s1)N1CCC[C@@H](n2ccnc2)C1. The molecule has 0 aliphatic carbocycles. The van der Waals surface area contributed by atoms with E-state index in [0.717, 1.165) is 24.4 Å². The van der Waals surface area contributed by atoms with Crippen LogP contribution in [0.15, 0.2) is 43.5 Å². The number of hydrogen-bond acceptors (Lipinski definition) is 6. The van der Waals surface area contributed by atoms with Crippen molar-refractivity contribution in [3.05, 3.63) is 48.4 Å². The van der Waals surface area contributed by atoms with Gasteiger partial charge in [-0.3, -0.25) is 14.8 Å². The van der Waals surface area contributed by atoms with Gasteiger partial charge in [-0.25, -0.2) is 9.97 Å². The summed E-state index contributed by atoms with van der Waals surface area (Å²) in [6.45, 7) is 1.48. The lowest BCUT2D eigenvalue weighted by molar-refractivity contribution is 0.0684. The standard InChI is InChI=1S/C16H16N6OS/c23-16(14-9-20-15(24-14)13-8-17-3-4-19-13)21-6-1-2-12(10-21)22-7-5-18-11-22/h3-5,7-9,11-12H,1-2,6,10H2/t12-/m1/s1. The Hall–Kier alpha value is -2.61. The molecular weight excluding hydrogens is 324 g/mol. The molecule has 1 aliphatic heterocycles. The number of piperidine rings is 1. The summed E-state index contributed by atoms with van der Waals surface area (Å²) in [5.41, 5.74) is 0.691. The number of nitrogens with zero attached hydrogens (tertiary/aromatic N) is 6. The van der Waals surface area contributed by atoms with Crippen molar-refractivity contribution >= 4 is 17.2 Å². The molecule has 1 aliphatic rings. The highest BCUT2D eigenvalue weighted by atomic mass is 32.1. The van der Waals surface area contributed by atoms with Crippen molar-refractivity contribution in [1.82, 2.24) is 29.4 Å². The number of hydrogen-bond donors (Lipinski definition) is 0. The van der Waals surface area contributed by atoms with Crippen LogP contribution in [-0.4, -0.2) is 48.4 Å². The van der Waals surface area contributed by atoms with Gasteiger partial charge >= 0.3 is 0 Å². The van der Waals surface area contributed by atoms with Crippen molar-refractivity contribution in [3.8, 4) is 10.7 Å². The Morgan fingerprint density at radius 1 is 1.17 bits per heavy atom. The minimum Gasteiger partial charge on any atom is -0.336 e. The molecule has 8 heteroatoms. The maximum atomic E-state index is 12.8. The molecule has 0 N–H and O–H groups in total. The highest BCUT2D eigenvalue weighted by molar-refractivity contribution is 7.16. The molecule has 4 rings (SSSR count). The molecule has 4 heterocycles. The molecule has 1 amide bonds. The first-order valence-corrected chi connectivity index (χ1v) is 8.62. The second-order valence-electron chi connectivity index (χ2n) is 5.68. The summed E-state index contributed by atoms with van der Waals surface area (Å²) < 4.78 is 2.08. The number of carbonyl (C=O) groups is 1. The summed E-state index contributed by atoms with van der Waals surface area (Å²) >= 11 is 1.36. The molecule has 7 nitrogen and oxygen atoms in total. The lowest BCUT2D eigenvalue weighted by atomic mass is 10.1. The van der Waals surface area contributed by atoms with E-state index in [1.807, 2.05) is 17.4 Å². The van der Waals surface area contributed by atoms with Crippen LogP contribution >= 0.6 is 11.3 Å². The van der Waals surface area contributed by atoms with E-state index in [-0.39, 0.29) is 11.9 Å². The fourth-order valence-electron chi connectivity index (χ4n) is 2.92. The number of rotatable bonds is 3. The molecule has 1 atom stereocenters. The monoisotopic (exact) mass is 340 g/mol. The Morgan fingerprint density at radius 3 is 2.92 bits per heavy atom. The van der Waals surface area contributed by atoms with E-state index in [9.17, 15) is 4.79 Å². The zero-order valence-corrected chi connectivity index (χ0v) is 13.8. The molecule has 1 fully saturated rings. The van der Waals surface area contributed by atoms with Crippen molar-refractivity contribution in [2.45, 2.75) is 18.9 Å². The van der Waals surface area contributed by atoms with E-state index in [1.54, 1.807) is 31.0 Å². The number of aromatic nitrogens is 5. The van der Waals surface area contributed by atoms with Gasteiger partial charge in [-0.1, -0.05) is 0 Å². The molecule has 0 spiro atoms. The van der Waals surface area contributed by atoms with Gasteiger partial charge in [0.1, 0.15) is 15.6 Å². The molecule has 24 heavy (non-hydrogen) atoms. The normalized spacial score (nSPS) is 17.8. The fraction of sp³-hybridized carbons (Fsp3) is 0.312. The maximum absolute atomic E-state index is 12.8. The molecule has 0 saturated carbocycles. The first-order chi connectivity index (χ1) is 11.8. The quantitative estimate of drug-likeness (QED) is 0.731. The molecule has 3 aromatic rings. The first-order valence-electron chi connectivity index (χ1n) is 7.80. The molecule has 122 valence electrons. The van der Waals surface area contributed by atoms with E-state index >= 15 is 0 Å². The van der Waals surface area contributed by atoms with Crippen LogP contribution in [0, 0.1) is 0 Å². The number of likely N-dealkylation sites (tertiary alicyclic amines) is 1. The van der Waals surface area contributed by atoms with Crippen molar-refractivity contribution in [1.29, 1.82) is 0 Å². The smallest absolute Gasteiger partial charge is 0.265 e. The van der Waals surface area contributed by atoms with Crippen molar-refractivity contribution in [2.75, 3.05) is 13.1 Å². The van der Waals surface area contributed by atoms with Gasteiger partial charge in [0, 0.05) is 37.9 Å². The minimum absolute atomic E-state index is 0.0347. The zero-order valence-electron chi connectivity index (χ0n) is 12.9. The van der Waals surface area contributed by atoms with E-state index < -0.39 is 0 Å². The lowest BCUT2D eigenvalue weighted by Crippen LogP contribution is -2.40. The molecule has 3 aromatic heterocycles. The Morgan fingerprint density at radius 2 is 2.12 bits per heavy atom. The maximum Gasteiger partial charge on any atom is 0.265 e. The largest absolute Gasteiger partial charge is 0.336 e. The van der Waals surface area contributed by atoms with Crippen LogP contribution in [-0.2, 0) is 0 Å². The third-order valence-electron chi connectivity index (χ3n) is 4.13. The topological polar surface area (TPSA) is 76.8 Å². The summed E-state index contributed by atoms with van der Waals surface area (Å²) in [6, 6.07) is 0.289. The third-order valence-corrected chi connectivity index (χ3v) is 5.14. The van der Waals surface area contributed by atoms with E-state index in [2.05, 4.69) is 24.5 Å². The number of amides is 1. The van der Waals surface area contributed by atoms with Gasteiger partial charge in [0.25, 0.3) is 5.91 Å². The third kappa shape index (κ3) is 2.92. The van der Waals surface area contributed by atoms with Gasteiger partial charge in [-0.05, 0) is 12.8 Å². The highest BCUT2D eigenvalue weighted by Crippen LogP contribution is 2.27. The Labute approximate surface area is 143 Å². The summed E-state index contributed by atoms with van der Waals surface area (Å²) in [4.78, 5) is 32.0. The van der Waals surface area contributed by atoms with Gasteiger partial charge in [0.2, 0.25) is 0 Å². The highest BCUT2D eigenvalue weighted by Gasteiger charge is 2.26. The Kier molecular flexibility index (Phi) is 4.04. The van der Waals surface area contributed by atoms with Crippen molar-refractivity contribution in [3.63, 3.8) is 0 Å². The molecular formula is C16H16N6OS. The average molecular weight is 340 g/mol. The summed E-state index contributed by atoms with van der Waals surface area (Å²) in [7, 11) is 0. The van der Waals surface area contributed by atoms with Crippen LogP contribution in [0.5, 0.6) is 0 Å². The molecule has 0 aromatic carbocycles. The summed E-state index contributed by atoms with van der Waals surface area (Å²) in [5, 5.41) is 0.717. The summed E-state index contributed by atoms with van der Waals surface area (Å²) in [5.74, 6) is 0.0347. The van der Waals surface area contributed by atoms with Gasteiger partial charge < -0.3 is 9.47 Å². The predicted molar refractivity (Wildman–Crippen MR) is 89.5 cm³/mol. The van der Waals surface area contributed by atoms with Gasteiger partial charge in [-0.15, -0.1) is 11.3 Å². The zero-order chi connectivity index (χ0) is 16.4. The van der Waals surface area contributed by atoms with E-state index in [4.69, 9.17) is 0 Å².